The molecular formula is C28H32F9N3O8. The number of ether oxygens (including phenoxy) is 2. The molecule has 11 nitrogen and oxygen atoms in total. The van der Waals surface area contributed by atoms with Crippen LogP contribution in [0.2, 0.25) is 0 Å². The van der Waals surface area contributed by atoms with Gasteiger partial charge < -0.3 is 24.8 Å². The van der Waals surface area contributed by atoms with Crippen molar-refractivity contribution in [2.24, 2.45) is 5.92 Å². The van der Waals surface area contributed by atoms with Gasteiger partial charge in [-0.25, -0.2) is 19.4 Å². The summed E-state index contributed by atoms with van der Waals surface area (Å²) in [6.45, 7) is 6.74. The zero-order valence-electron chi connectivity index (χ0n) is 25.1. The van der Waals surface area contributed by atoms with Crippen molar-refractivity contribution in [2.45, 2.75) is 63.3 Å². The van der Waals surface area contributed by atoms with Gasteiger partial charge in [0.25, 0.3) is 0 Å². The number of aryl methyl sites for hydroxylation is 1. The highest BCUT2D eigenvalue weighted by Crippen LogP contribution is 2.42. The summed E-state index contributed by atoms with van der Waals surface area (Å²) in [7, 11) is 0. The average molecular weight is 710 g/mol. The third-order valence-corrected chi connectivity index (χ3v) is 6.72. The fourth-order valence-electron chi connectivity index (χ4n) is 4.49. The predicted molar refractivity (Wildman–Crippen MR) is 146 cm³/mol. The highest BCUT2D eigenvalue weighted by atomic mass is 19.4. The Labute approximate surface area is 267 Å². The number of likely N-dealkylation sites (tertiary alicyclic amines) is 1. The second-order valence-corrected chi connectivity index (χ2v) is 10.2. The Morgan fingerprint density at radius 2 is 1.40 bits per heavy atom. The van der Waals surface area contributed by atoms with E-state index in [9.17, 15) is 39.5 Å². The second kappa shape index (κ2) is 18.4. The Kier molecular flexibility index (Phi) is 16.0. The van der Waals surface area contributed by atoms with Crippen LogP contribution < -0.4 is 4.74 Å². The van der Waals surface area contributed by atoms with Gasteiger partial charge in [0, 0.05) is 44.2 Å². The maximum absolute atomic E-state index is 10.6. The number of aliphatic carboxylic acids is 3. The van der Waals surface area contributed by atoms with Gasteiger partial charge in [-0.05, 0) is 56.7 Å². The minimum absolute atomic E-state index is 0.0456. The summed E-state index contributed by atoms with van der Waals surface area (Å²) >= 11 is 0. The lowest BCUT2D eigenvalue weighted by Gasteiger charge is -2.42. The van der Waals surface area contributed by atoms with Crippen molar-refractivity contribution < 1.29 is 78.7 Å². The van der Waals surface area contributed by atoms with Crippen LogP contribution in [0.4, 0.5) is 39.5 Å². The van der Waals surface area contributed by atoms with Gasteiger partial charge in [-0.2, -0.15) is 39.5 Å². The number of hydrogen-bond acceptors (Lipinski definition) is 8. The van der Waals surface area contributed by atoms with Crippen LogP contribution in [0.1, 0.15) is 37.1 Å². The second-order valence-electron chi connectivity index (χ2n) is 10.2. The normalized spacial score (nSPS) is 17.4. The molecule has 0 aliphatic carbocycles. The maximum atomic E-state index is 10.6. The van der Waals surface area contributed by atoms with Gasteiger partial charge in [0.1, 0.15) is 0 Å². The highest BCUT2D eigenvalue weighted by molar-refractivity contribution is 5.73. The molecule has 3 N–H and O–H groups in total. The third-order valence-electron chi connectivity index (χ3n) is 6.72. The van der Waals surface area contributed by atoms with Crippen LogP contribution in [0.3, 0.4) is 0 Å². The molecule has 0 bridgehead atoms. The van der Waals surface area contributed by atoms with Gasteiger partial charge in [0.2, 0.25) is 5.88 Å². The first-order chi connectivity index (χ1) is 22.1. The van der Waals surface area contributed by atoms with Crippen molar-refractivity contribution in [1.29, 1.82) is 0 Å². The first kappa shape index (κ1) is 41.8. The first-order valence-corrected chi connectivity index (χ1v) is 13.8. The number of aromatic nitrogens is 2. The fraction of sp³-hybridized carbons (Fsp3) is 0.536. The van der Waals surface area contributed by atoms with Crippen molar-refractivity contribution in [3.8, 4) is 5.88 Å². The van der Waals surface area contributed by atoms with Crippen molar-refractivity contribution in [3.05, 3.63) is 54.0 Å². The van der Waals surface area contributed by atoms with Gasteiger partial charge >= 0.3 is 36.4 Å². The van der Waals surface area contributed by atoms with Crippen LogP contribution in [0.5, 0.6) is 5.88 Å². The number of carboxylic acid groups (broad SMARTS) is 3. The molecule has 20 heteroatoms. The van der Waals surface area contributed by atoms with Crippen LogP contribution in [-0.2, 0) is 25.7 Å². The monoisotopic (exact) mass is 709 g/mol. The van der Waals surface area contributed by atoms with Crippen molar-refractivity contribution in [2.75, 3.05) is 26.3 Å². The first-order valence-electron chi connectivity index (χ1n) is 13.8. The van der Waals surface area contributed by atoms with Gasteiger partial charge in [-0.1, -0.05) is 12.1 Å². The Morgan fingerprint density at radius 1 is 0.875 bits per heavy atom. The molecule has 2 aromatic rings. The van der Waals surface area contributed by atoms with E-state index in [2.05, 4.69) is 40.0 Å². The zero-order valence-corrected chi connectivity index (χ0v) is 25.1. The molecule has 1 atom stereocenters. The van der Waals surface area contributed by atoms with Crippen LogP contribution in [-0.4, -0.2) is 98.5 Å². The van der Waals surface area contributed by atoms with E-state index in [1.165, 1.54) is 5.69 Å². The summed E-state index contributed by atoms with van der Waals surface area (Å²) in [5.41, 5.74) is 2.30. The molecule has 0 aromatic carbocycles. The van der Waals surface area contributed by atoms with E-state index in [4.69, 9.17) is 39.2 Å². The Bertz CT molecular complexity index is 1240. The Morgan fingerprint density at radius 3 is 1.83 bits per heavy atom. The maximum Gasteiger partial charge on any atom is 0.490 e. The lowest BCUT2D eigenvalue weighted by atomic mass is 9.78. The average Bonchev–Trinajstić information content (AvgIpc) is 3.36. The Hall–Kier alpha value is -4.20. The molecular weight excluding hydrogens is 677 g/mol. The molecule has 0 radical (unpaired) electrons. The molecule has 0 saturated carbocycles. The van der Waals surface area contributed by atoms with E-state index in [1.807, 2.05) is 18.2 Å². The van der Waals surface area contributed by atoms with Gasteiger partial charge in [-0.15, -0.1) is 0 Å². The lowest BCUT2D eigenvalue weighted by molar-refractivity contribution is -0.193. The summed E-state index contributed by atoms with van der Waals surface area (Å²) in [5.74, 6) is -6.97. The van der Waals surface area contributed by atoms with E-state index in [-0.39, 0.29) is 5.60 Å². The largest absolute Gasteiger partial charge is 0.490 e. The van der Waals surface area contributed by atoms with E-state index in [0.717, 1.165) is 57.6 Å². The molecule has 2 fully saturated rings. The number of nitrogens with zero attached hydrogens (tertiary/aromatic N) is 3. The lowest BCUT2D eigenvalue weighted by Crippen LogP contribution is -2.47. The molecule has 2 aromatic heterocycles. The van der Waals surface area contributed by atoms with E-state index in [1.54, 1.807) is 6.20 Å². The molecule has 0 amide bonds. The molecule has 270 valence electrons. The molecule has 1 spiro atoms. The minimum atomic E-state index is -5.08. The standard InChI is InChI=1S/C22H29N3O2.3C2HF3O2/c1-18-5-4-6-20(24-18)17-25-13-10-22(11-14-25)19(9-16-27-22)8-15-26-21-7-2-3-12-23-21;3*3-2(4,5)1(6)7/h2-7,12,19H,8-11,13-17H2,1H3;3*(H,6,7). The number of carbonyl (C=O) groups is 3. The van der Waals surface area contributed by atoms with Gasteiger partial charge in [0.15, 0.2) is 0 Å². The van der Waals surface area contributed by atoms with Crippen LogP contribution >= 0.6 is 0 Å². The minimum Gasteiger partial charge on any atom is -0.478 e. The summed E-state index contributed by atoms with van der Waals surface area (Å²) in [5, 5.41) is 21.4. The molecule has 48 heavy (non-hydrogen) atoms. The number of rotatable bonds is 6. The van der Waals surface area contributed by atoms with Crippen molar-refractivity contribution >= 4 is 17.9 Å². The summed E-state index contributed by atoms with van der Waals surface area (Å²) in [6.07, 6.45) is -9.09. The van der Waals surface area contributed by atoms with Crippen LogP contribution in [0, 0.1) is 12.8 Å². The molecule has 4 heterocycles. The summed E-state index contributed by atoms with van der Waals surface area (Å²) < 4.78 is 107. The van der Waals surface area contributed by atoms with Crippen molar-refractivity contribution in [3.63, 3.8) is 0 Å². The highest BCUT2D eigenvalue weighted by Gasteiger charge is 2.46. The fourth-order valence-corrected chi connectivity index (χ4v) is 4.49. The zero-order chi connectivity index (χ0) is 36.8. The van der Waals surface area contributed by atoms with Gasteiger partial charge in [0.05, 0.1) is 17.9 Å². The smallest absolute Gasteiger partial charge is 0.478 e. The number of pyridine rings is 2. The quantitative estimate of drug-likeness (QED) is 0.324. The number of halogens is 9. The third kappa shape index (κ3) is 15.6. The number of carboxylic acids is 3. The molecule has 4 rings (SSSR count). The molecule has 2 aliphatic heterocycles. The van der Waals surface area contributed by atoms with E-state index < -0.39 is 36.4 Å². The van der Waals surface area contributed by atoms with Gasteiger partial charge in [-0.3, -0.25) is 9.88 Å². The molecule has 1 unspecified atom stereocenters. The van der Waals surface area contributed by atoms with E-state index >= 15 is 0 Å². The summed E-state index contributed by atoms with van der Waals surface area (Å²) in [4.78, 5) is 38.1. The Balaban J connectivity index is 0.000000448. The topological polar surface area (TPSA) is 159 Å². The number of piperidine rings is 1. The van der Waals surface area contributed by atoms with Crippen LogP contribution in [0.15, 0.2) is 42.6 Å². The summed E-state index contributed by atoms with van der Waals surface area (Å²) in [6, 6.07) is 12.1. The number of hydrogen-bond donors (Lipinski definition) is 3. The molecule has 2 aliphatic rings. The SMILES string of the molecule is Cc1cccc(CN2CCC3(CC2)OCCC3CCOc2ccccn2)n1.O=C(O)C(F)(F)F.O=C(O)C(F)(F)F.O=C(O)C(F)(F)F. The van der Waals surface area contributed by atoms with Crippen molar-refractivity contribution in [1.82, 2.24) is 14.9 Å². The number of alkyl halides is 9. The predicted octanol–water partition coefficient (Wildman–Crippen LogP) is 5.53. The molecule has 2 saturated heterocycles. The van der Waals surface area contributed by atoms with E-state index in [0.29, 0.717) is 18.4 Å². The van der Waals surface area contributed by atoms with Crippen LogP contribution in [0.25, 0.3) is 0 Å².